The average molecular weight is 391 g/mol. The minimum absolute atomic E-state index is 0.0689. The van der Waals surface area contributed by atoms with E-state index in [1.807, 2.05) is 55.5 Å². The Morgan fingerprint density at radius 3 is 2.55 bits per heavy atom. The highest BCUT2D eigenvalue weighted by Crippen LogP contribution is 2.28. The van der Waals surface area contributed by atoms with Crippen LogP contribution in [0, 0.1) is 6.92 Å². The van der Waals surface area contributed by atoms with Crippen molar-refractivity contribution in [2.45, 2.75) is 13.5 Å². The highest BCUT2D eigenvalue weighted by Gasteiger charge is 2.16. The Balaban J connectivity index is 1.80. The summed E-state index contributed by atoms with van der Waals surface area (Å²) >= 11 is 0. The van der Waals surface area contributed by atoms with Crippen LogP contribution in [0.5, 0.6) is 11.5 Å². The van der Waals surface area contributed by atoms with E-state index in [0.717, 1.165) is 22.3 Å². The summed E-state index contributed by atoms with van der Waals surface area (Å²) in [5.74, 6) is 0.631. The number of rotatable bonds is 8. The molecular weight excluding hydrogens is 366 g/mol. The third kappa shape index (κ3) is 5.02. The van der Waals surface area contributed by atoms with Crippen molar-refractivity contribution in [3.8, 4) is 22.6 Å². The molecular formula is C24H25NO4. The first-order chi connectivity index (χ1) is 14.1. The topological polar surface area (TPSA) is 67.8 Å². The van der Waals surface area contributed by atoms with Gasteiger partial charge in [-0.25, -0.2) is 4.79 Å². The van der Waals surface area contributed by atoms with Crippen LogP contribution in [0.3, 0.4) is 0 Å². The second-order valence-electron chi connectivity index (χ2n) is 6.61. The monoisotopic (exact) mass is 391 g/mol. The van der Waals surface area contributed by atoms with E-state index in [9.17, 15) is 4.79 Å². The minimum Gasteiger partial charge on any atom is -0.496 e. The number of nitrogens with one attached hydrogen (secondary N) is 1. The van der Waals surface area contributed by atoms with Gasteiger partial charge in [0.25, 0.3) is 0 Å². The molecule has 0 unspecified atom stereocenters. The lowest BCUT2D eigenvalue weighted by molar-refractivity contribution is 0.0733. The molecule has 0 heterocycles. The van der Waals surface area contributed by atoms with E-state index in [4.69, 9.17) is 14.6 Å². The molecule has 150 valence electrons. The van der Waals surface area contributed by atoms with Gasteiger partial charge in [0, 0.05) is 24.7 Å². The molecule has 0 spiro atoms. The van der Waals surface area contributed by atoms with Crippen LogP contribution < -0.4 is 14.8 Å². The van der Waals surface area contributed by atoms with E-state index in [2.05, 4.69) is 5.32 Å². The van der Waals surface area contributed by atoms with Gasteiger partial charge in [-0.3, -0.25) is 0 Å². The maximum atomic E-state index is 12.8. The zero-order chi connectivity index (χ0) is 20.6. The largest absolute Gasteiger partial charge is 0.496 e. The average Bonchev–Trinajstić information content (AvgIpc) is 2.75. The van der Waals surface area contributed by atoms with Gasteiger partial charge in [0.1, 0.15) is 11.5 Å². The Bertz CT molecular complexity index is 970. The van der Waals surface area contributed by atoms with E-state index in [0.29, 0.717) is 30.2 Å². The third-order valence-corrected chi connectivity index (χ3v) is 4.71. The van der Waals surface area contributed by atoms with Crippen molar-refractivity contribution in [1.82, 2.24) is 5.32 Å². The number of benzene rings is 3. The third-order valence-electron chi connectivity index (χ3n) is 4.71. The quantitative estimate of drug-likeness (QED) is 0.345. The summed E-state index contributed by atoms with van der Waals surface area (Å²) in [5.41, 5.74) is 4.38. The summed E-state index contributed by atoms with van der Waals surface area (Å²) in [5, 5.41) is 12.0. The number of esters is 1. The van der Waals surface area contributed by atoms with Gasteiger partial charge in [0.15, 0.2) is 0 Å². The maximum absolute atomic E-state index is 12.8. The number of methoxy groups -OCH3 is 1. The highest BCUT2D eigenvalue weighted by atomic mass is 16.5. The summed E-state index contributed by atoms with van der Waals surface area (Å²) in [6.07, 6.45) is 0. The molecule has 0 saturated heterocycles. The lowest BCUT2D eigenvalue weighted by atomic mass is 9.96. The zero-order valence-corrected chi connectivity index (χ0v) is 16.6. The van der Waals surface area contributed by atoms with Crippen molar-refractivity contribution in [1.29, 1.82) is 0 Å². The van der Waals surface area contributed by atoms with Gasteiger partial charge in [-0.1, -0.05) is 48.5 Å². The van der Waals surface area contributed by atoms with Crippen LogP contribution in [-0.4, -0.2) is 31.3 Å². The maximum Gasteiger partial charge on any atom is 0.343 e. The van der Waals surface area contributed by atoms with Gasteiger partial charge in [-0.2, -0.15) is 0 Å². The normalized spacial score (nSPS) is 10.6. The predicted molar refractivity (Wildman–Crippen MR) is 113 cm³/mol. The summed E-state index contributed by atoms with van der Waals surface area (Å²) in [6.45, 7) is 3.04. The minimum atomic E-state index is -0.409. The van der Waals surface area contributed by atoms with E-state index in [1.165, 1.54) is 0 Å². The first-order valence-electron chi connectivity index (χ1n) is 9.49. The fourth-order valence-electron chi connectivity index (χ4n) is 3.19. The van der Waals surface area contributed by atoms with Gasteiger partial charge in [0.05, 0.1) is 19.3 Å². The predicted octanol–water partition coefficient (Wildman–Crippen LogP) is 3.97. The van der Waals surface area contributed by atoms with Crippen LogP contribution in [0.25, 0.3) is 11.1 Å². The number of ether oxygens (including phenoxy) is 2. The lowest BCUT2D eigenvalue weighted by Gasteiger charge is -2.13. The SMILES string of the molecule is COc1cc(OC(=O)c2cccc(-c3ccccc3)c2C)ccc1CNCCO. The molecule has 0 atom stereocenters. The number of aliphatic hydroxyl groups excluding tert-OH is 1. The molecule has 0 aliphatic heterocycles. The van der Waals surface area contributed by atoms with Crippen LogP contribution in [0.2, 0.25) is 0 Å². The molecule has 0 aliphatic carbocycles. The van der Waals surface area contributed by atoms with Crippen LogP contribution in [0.1, 0.15) is 21.5 Å². The molecule has 0 aliphatic rings. The summed E-state index contributed by atoms with van der Waals surface area (Å²) in [7, 11) is 1.57. The summed E-state index contributed by atoms with van der Waals surface area (Å²) in [4.78, 5) is 12.8. The Hall–Kier alpha value is -3.15. The van der Waals surface area contributed by atoms with Gasteiger partial charge in [-0.05, 0) is 35.7 Å². The molecule has 0 radical (unpaired) electrons. The molecule has 2 N–H and O–H groups in total. The molecule has 0 bridgehead atoms. The first kappa shape index (κ1) is 20.6. The van der Waals surface area contributed by atoms with E-state index in [1.54, 1.807) is 25.3 Å². The number of hydrogen-bond acceptors (Lipinski definition) is 5. The Kier molecular flexibility index (Phi) is 7.00. The fourth-order valence-corrected chi connectivity index (χ4v) is 3.19. The molecule has 3 aromatic carbocycles. The molecule has 29 heavy (non-hydrogen) atoms. The molecule has 5 nitrogen and oxygen atoms in total. The van der Waals surface area contributed by atoms with Crippen LogP contribution in [-0.2, 0) is 6.54 Å². The lowest BCUT2D eigenvalue weighted by Crippen LogP contribution is -2.18. The van der Waals surface area contributed by atoms with Gasteiger partial charge in [0.2, 0.25) is 0 Å². The molecule has 3 rings (SSSR count). The van der Waals surface area contributed by atoms with Gasteiger partial charge >= 0.3 is 5.97 Å². The summed E-state index contributed by atoms with van der Waals surface area (Å²) < 4.78 is 11.0. The van der Waals surface area contributed by atoms with Crippen molar-refractivity contribution < 1.29 is 19.4 Å². The van der Waals surface area contributed by atoms with Crippen LogP contribution >= 0.6 is 0 Å². The van der Waals surface area contributed by atoms with E-state index < -0.39 is 5.97 Å². The van der Waals surface area contributed by atoms with E-state index in [-0.39, 0.29) is 6.61 Å². The Morgan fingerprint density at radius 1 is 1.03 bits per heavy atom. The molecule has 0 saturated carbocycles. The molecule has 0 aromatic heterocycles. The van der Waals surface area contributed by atoms with Crippen molar-refractivity contribution in [2.75, 3.05) is 20.3 Å². The van der Waals surface area contributed by atoms with E-state index >= 15 is 0 Å². The summed E-state index contributed by atoms with van der Waals surface area (Å²) in [6, 6.07) is 20.9. The Morgan fingerprint density at radius 2 is 1.83 bits per heavy atom. The second kappa shape index (κ2) is 9.87. The van der Waals surface area contributed by atoms with Gasteiger partial charge in [-0.15, -0.1) is 0 Å². The number of hydrogen-bond donors (Lipinski definition) is 2. The van der Waals surface area contributed by atoms with Crippen LogP contribution in [0.15, 0.2) is 66.7 Å². The molecule has 3 aromatic rings. The fraction of sp³-hybridized carbons (Fsp3) is 0.208. The molecule has 5 heteroatoms. The standard InChI is InChI=1S/C24H25NO4/c1-17-21(18-7-4-3-5-8-18)9-6-10-22(17)24(27)29-20-12-11-19(16-25-13-14-26)23(15-20)28-2/h3-12,15,25-26H,13-14,16H2,1-2H3. The van der Waals surface area contributed by atoms with Crippen molar-refractivity contribution in [3.63, 3.8) is 0 Å². The Labute approximate surface area is 170 Å². The van der Waals surface area contributed by atoms with Crippen molar-refractivity contribution in [2.24, 2.45) is 0 Å². The van der Waals surface area contributed by atoms with Crippen molar-refractivity contribution in [3.05, 3.63) is 83.4 Å². The zero-order valence-electron chi connectivity index (χ0n) is 16.6. The second-order valence-corrected chi connectivity index (χ2v) is 6.61. The van der Waals surface area contributed by atoms with Gasteiger partial charge < -0.3 is 19.9 Å². The highest BCUT2D eigenvalue weighted by molar-refractivity contribution is 5.94. The molecule has 0 fully saturated rings. The smallest absolute Gasteiger partial charge is 0.343 e. The first-order valence-corrected chi connectivity index (χ1v) is 9.49. The van der Waals surface area contributed by atoms with Crippen molar-refractivity contribution >= 4 is 5.97 Å². The number of carbonyl (C=O) groups excluding carboxylic acids is 1. The van der Waals surface area contributed by atoms with Crippen LogP contribution in [0.4, 0.5) is 0 Å². The molecule has 0 amide bonds. The number of carbonyl (C=O) groups is 1. The number of aliphatic hydroxyl groups is 1.